The molecule has 0 aromatic rings. The van der Waals surface area contributed by atoms with Gasteiger partial charge in [-0.25, -0.2) is 4.79 Å². The van der Waals surface area contributed by atoms with Gasteiger partial charge in [0.25, 0.3) is 0 Å². The van der Waals surface area contributed by atoms with Crippen LogP contribution in [0.5, 0.6) is 0 Å². The van der Waals surface area contributed by atoms with E-state index in [-0.39, 0.29) is 24.5 Å². The topological polar surface area (TPSA) is 64.1 Å². The summed E-state index contributed by atoms with van der Waals surface area (Å²) in [6.45, 7) is 5.64. The molecule has 0 aromatic heterocycles. The molecule has 1 heterocycles. The van der Waals surface area contributed by atoms with E-state index in [0.29, 0.717) is 6.54 Å². The molecule has 1 aliphatic heterocycles. The zero-order chi connectivity index (χ0) is 15.4. The monoisotopic (exact) mass is 297 g/mol. The fourth-order valence-corrected chi connectivity index (χ4v) is 3.02. The Morgan fingerprint density at radius 2 is 1.76 bits per heavy atom. The van der Waals surface area contributed by atoms with Crippen LogP contribution in [0.3, 0.4) is 0 Å². The number of hydrogen-bond donors (Lipinski definition) is 1. The van der Waals surface area contributed by atoms with Crippen LogP contribution in [-0.2, 0) is 4.79 Å². The standard InChI is InChI=1S/C15H27N3O3/c1-3-17-9-6-12(7-10-17)16(2)15(21)18(13-4-5-13)11-8-14(19)20/h12-13H,3-11H2,1-2H3,(H,19,20). The number of hydrogen-bond acceptors (Lipinski definition) is 3. The van der Waals surface area contributed by atoms with E-state index >= 15 is 0 Å². The molecule has 21 heavy (non-hydrogen) atoms. The van der Waals surface area contributed by atoms with Crippen molar-refractivity contribution in [3.63, 3.8) is 0 Å². The summed E-state index contributed by atoms with van der Waals surface area (Å²) in [5.41, 5.74) is 0. The molecule has 0 bridgehead atoms. The minimum absolute atomic E-state index is 0.00805. The van der Waals surface area contributed by atoms with Crippen LogP contribution in [0.15, 0.2) is 0 Å². The fraction of sp³-hybridized carbons (Fsp3) is 0.867. The van der Waals surface area contributed by atoms with Gasteiger partial charge in [-0.1, -0.05) is 6.92 Å². The normalized spacial score (nSPS) is 20.3. The molecular weight excluding hydrogens is 270 g/mol. The summed E-state index contributed by atoms with van der Waals surface area (Å²) in [6, 6.07) is 0.551. The second kappa shape index (κ2) is 7.11. The van der Waals surface area contributed by atoms with Crippen molar-refractivity contribution in [2.75, 3.05) is 33.2 Å². The van der Waals surface area contributed by atoms with E-state index in [0.717, 1.165) is 45.3 Å². The molecule has 1 aliphatic carbocycles. The summed E-state index contributed by atoms with van der Waals surface area (Å²) in [7, 11) is 1.87. The van der Waals surface area contributed by atoms with Crippen LogP contribution in [0.2, 0.25) is 0 Å². The molecule has 1 saturated heterocycles. The predicted molar refractivity (Wildman–Crippen MR) is 80.3 cm³/mol. The second-order valence-corrected chi connectivity index (χ2v) is 6.13. The highest BCUT2D eigenvalue weighted by molar-refractivity contribution is 5.76. The molecule has 0 spiro atoms. The summed E-state index contributed by atoms with van der Waals surface area (Å²) < 4.78 is 0. The van der Waals surface area contributed by atoms with Gasteiger partial charge in [-0.2, -0.15) is 0 Å². The summed E-state index contributed by atoms with van der Waals surface area (Å²) >= 11 is 0. The van der Waals surface area contributed by atoms with Gasteiger partial charge in [0.15, 0.2) is 0 Å². The van der Waals surface area contributed by atoms with Crippen molar-refractivity contribution >= 4 is 12.0 Å². The van der Waals surface area contributed by atoms with Gasteiger partial charge in [-0.05, 0) is 32.2 Å². The molecule has 1 saturated carbocycles. The third-order valence-corrected chi connectivity index (χ3v) is 4.65. The Hall–Kier alpha value is -1.30. The Balaban J connectivity index is 1.88. The fourth-order valence-electron chi connectivity index (χ4n) is 3.02. The lowest BCUT2D eigenvalue weighted by atomic mass is 10.0. The first kappa shape index (κ1) is 16.1. The summed E-state index contributed by atoms with van der Waals surface area (Å²) in [5.74, 6) is -0.840. The van der Waals surface area contributed by atoms with Crippen LogP contribution in [0, 0.1) is 0 Å². The number of likely N-dealkylation sites (tertiary alicyclic amines) is 1. The Kier molecular flexibility index (Phi) is 5.45. The van der Waals surface area contributed by atoms with E-state index < -0.39 is 5.97 Å². The largest absolute Gasteiger partial charge is 0.481 e. The van der Waals surface area contributed by atoms with Crippen molar-refractivity contribution in [3.05, 3.63) is 0 Å². The van der Waals surface area contributed by atoms with Crippen molar-refractivity contribution in [2.24, 2.45) is 0 Å². The van der Waals surface area contributed by atoms with E-state index in [9.17, 15) is 9.59 Å². The van der Waals surface area contributed by atoms with Crippen molar-refractivity contribution in [3.8, 4) is 0 Å². The van der Waals surface area contributed by atoms with Crippen LogP contribution in [0.1, 0.15) is 39.0 Å². The van der Waals surface area contributed by atoms with Crippen LogP contribution in [0.4, 0.5) is 4.79 Å². The van der Waals surface area contributed by atoms with Gasteiger partial charge >= 0.3 is 12.0 Å². The van der Waals surface area contributed by atoms with Crippen LogP contribution < -0.4 is 0 Å². The zero-order valence-electron chi connectivity index (χ0n) is 13.1. The number of urea groups is 1. The van der Waals surface area contributed by atoms with E-state index in [1.807, 2.05) is 11.9 Å². The predicted octanol–water partition coefficient (Wildman–Crippen LogP) is 1.46. The second-order valence-electron chi connectivity index (χ2n) is 6.13. The molecular formula is C15H27N3O3. The Morgan fingerprint density at radius 1 is 1.14 bits per heavy atom. The number of carboxylic acid groups (broad SMARTS) is 1. The highest BCUT2D eigenvalue weighted by Gasteiger charge is 2.36. The Labute approximate surface area is 126 Å². The number of nitrogens with zero attached hydrogens (tertiary/aromatic N) is 3. The summed E-state index contributed by atoms with van der Waals surface area (Å²) in [5, 5.41) is 8.83. The molecule has 2 amide bonds. The molecule has 0 aromatic carbocycles. The van der Waals surface area contributed by atoms with E-state index in [2.05, 4.69) is 11.8 Å². The van der Waals surface area contributed by atoms with Gasteiger partial charge in [-0.3, -0.25) is 4.79 Å². The molecule has 0 unspecified atom stereocenters. The average molecular weight is 297 g/mol. The Morgan fingerprint density at radius 3 is 2.24 bits per heavy atom. The highest BCUT2D eigenvalue weighted by atomic mass is 16.4. The SMILES string of the molecule is CCN1CCC(N(C)C(=O)N(CCC(=O)O)C2CC2)CC1. The van der Waals surface area contributed by atoms with Gasteiger partial charge in [0.05, 0.1) is 6.42 Å². The molecule has 2 aliphatic rings. The number of aliphatic carboxylic acids is 1. The molecule has 2 fully saturated rings. The van der Waals surface area contributed by atoms with E-state index in [1.54, 1.807) is 4.90 Å². The maximum atomic E-state index is 12.6. The first-order valence-electron chi connectivity index (χ1n) is 8.00. The lowest BCUT2D eigenvalue weighted by molar-refractivity contribution is -0.137. The number of carbonyl (C=O) groups is 2. The van der Waals surface area contributed by atoms with Crippen LogP contribution >= 0.6 is 0 Å². The number of rotatable bonds is 6. The first-order valence-corrected chi connectivity index (χ1v) is 8.00. The van der Waals surface area contributed by atoms with Crippen molar-refractivity contribution < 1.29 is 14.7 Å². The maximum absolute atomic E-state index is 12.6. The third kappa shape index (κ3) is 4.33. The number of piperidine rings is 1. The van der Waals surface area contributed by atoms with Gasteiger partial charge in [0, 0.05) is 38.8 Å². The molecule has 0 atom stereocenters. The molecule has 2 rings (SSSR count). The molecule has 1 N–H and O–H groups in total. The number of amides is 2. The van der Waals surface area contributed by atoms with Gasteiger partial charge in [-0.15, -0.1) is 0 Å². The van der Waals surface area contributed by atoms with Gasteiger partial charge < -0.3 is 19.8 Å². The van der Waals surface area contributed by atoms with Gasteiger partial charge in [0.2, 0.25) is 0 Å². The van der Waals surface area contributed by atoms with Crippen molar-refractivity contribution in [1.29, 1.82) is 0 Å². The first-order chi connectivity index (χ1) is 10.0. The van der Waals surface area contributed by atoms with Crippen molar-refractivity contribution in [1.82, 2.24) is 14.7 Å². The van der Waals surface area contributed by atoms with Gasteiger partial charge in [0.1, 0.15) is 0 Å². The van der Waals surface area contributed by atoms with E-state index in [4.69, 9.17) is 5.11 Å². The van der Waals surface area contributed by atoms with Crippen molar-refractivity contribution in [2.45, 2.75) is 51.1 Å². The van der Waals surface area contributed by atoms with Crippen LogP contribution in [-0.4, -0.2) is 77.1 Å². The summed E-state index contributed by atoms with van der Waals surface area (Å²) in [6.07, 6.45) is 4.06. The minimum Gasteiger partial charge on any atom is -0.481 e. The molecule has 0 radical (unpaired) electrons. The highest BCUT2D eigenvalue weighted by Crippen LogP contribution is 2.29. The average Bonchev–Trinajstić information content (AvgIpc) is 3.31. The zero-order valence-corrected chi connectivity index (χ0v) is 13.1. The smallest absolute Gasteiger partial charge is 0.320 e. The molecule has 6 heteroatoms. The number of carboxylic acids is 1. The maximum Gasteiger partial charge on any atom is 0.320 e. The third-order valence-electron chi connectivity index (χ3n) is 4.65. The molecule has 120 valence electrons. The lowest BCUT2D eigenvalue weighted by Crippen LogP contribution is -2.51. The Bertz CT molecular complexity index is 376. The minimum atomic E-state index is -0.840. The lowest BCUT2D eigenvalue weighted by Gasteiger charge is -2.38. The van der Waals surface area contributed by atoms with Crippen LogP contribution in [0.25, 0.3) is 0 Å². The summed E-state index contributed by atoms with van der Waals surface area (Å²) in [4.78, 5) is 29.4. The number of carbonyl (C=O) groups excluding carboxylic acids is 1. The van der Waals surface area contributed by atoms with E-state index in [1.165, 1.54) is 0 Å². The quantitative estimate of drug-likeness (QED) is 0.806. The molecule has 6 nitrogen and oxygen atoms in total.